The molecule has 0 unspecified atom stereocenters. The molecule has 0 radical (unpaired) electrons. The van der Waals surface area contributed by atoms with Crippen LogP contribution in [-0.4, -0.2) is 60.9 Å². The van der Waals surface area contributed by atoms with Gasteiger partial charge in [0.25, 0.3) is 11.8 Å². The molecule has 12 heteroatoms. The molecule has 0 aliphatic carbocycles. The molecule has 2 amide bonds. The number of aromatic nitrogens is 6. The lowest BCUT2D eigenvalue weighted by atomic mass is 10.1. The van der Waals surface area contributed by atoms with Crippen molar-refractivity contribution < 1.29 is 19.1 Å². The van der Waals surface area contributed by atoms with E-state index < -0.39 is 0 Å². The number of hydrogen-bond donors (Lipinski definition) is 2. The number of imidazole rings is 2. The minimum absolute atomic E-state index is 0.258. The van der Waals surface area contributed by atoms with E-state index in [2.05, 4.69) is 43.5 Å². The van der Waals surface area contributed by atoms with E-state index in [-0.39, 0.29) is 11.8 Å². The number of unbranched alkanes of at least 4 members (excludes halogenated alkanes) is 3. The van der Waals surface area contributed by atoms with Gasteiger partial charge in [0.05, 0.1) is 6.61 Å². The van der Waals surface area contributed by atoms with Gasteiger partial charge >= 0.3 is 0 Å². The fraction of sp³-hybridized carbons (Fsp3) is 0.317. The van der Waals surface area contributed by atoms with Crippen LogP contribution in [0.3, 0.4) is 0 Å². The number of carbonyl (C=O) groups excluding carboxylic acids is 2. The van der Waals surface area contributed by atoms with Crippen molar-refractivity contribution >= 4 is 23.1 Å². The van der Waals surface area contributed by atoms with Crippen molar-refractivity contribution in [1.29, 1.82) is 0 Å². The first-order chi connectivity index (χ1) is 25.8. The number of hydrogen-bond acceptors (Lipinski definition) is 8. The molecule has 0 fully saturated rings. The summed E-state index contributed by atoms with van der Waals surface area (Å²) < 4.78 is 14.6. The molecule has 272 valence electrons. The Bertz CT molecular complexity index is 2260. The van der Waals surface area contributed by atoms with Gasteiger partial charge in [0.1, 0.15) is 25.0 Å². The maximum absolute atomic E-state index is 13.1. The summed E-state index contributed by atoms with van der Waals surface area (Å²) >= 11 is 0. The highest BCUT2D eigenvalue weighted by Gasteiger charge is 2.17. The SMILES string of the molecule is COCC#Cc1ccc(CNC(=O)c2ncn3c(C)cc(CCCCCCOc4ccc(CNC(=O)c5ncn6c(C)cc(C)nc56)cc4)nc23)cc1. The molecule has 0 aliphatic heterocycles. The second kappa shape index (κ2) is 17.4. The van der Waals surface area contributed by atoms with Gasteiger partial charge in [-0.25, -0.2) is 19.9 Å². The topological polar surface area (TPSA) is 137 Å². The van der Waals surface area contributed by atoms with Crippen LogP contribution >= 0.6 is 0 Å². The number of aryl methyl sites for hydroxylation is 4. The third-order valence-corrected chi connectivity index (χ3v) is 8.83. The number of fused-ring (bicyclic) bond motifs is 2. The van der Waals surface area contributed by atoms with Gasteiger partial charge in [-0.1, -0.05) is 48.9 Å². The van der Waals surface area contributed by atoms with Crippen LogP contribution in [0.5, 0.6) is 5.75 Å². The molecular weight excluding hydrogens is 669 g/mol. The number of amides is 2. The first-order valence-corrected chi connectivity index (χ1v) is 17.8. The lowest BCUT2D eigenvalue weighted by molar-refractivity contribution is 0.0940. The third-order valence-electron chi connectivity index (χ3n) is 8.83. The van der Waals surface area contributed by atoms with Gasteiger partial charge in [-0.05, 0) is 87.6 Å². The predicted octanol–water partition coefficient (Wildman–Crippen LogP) is 5.74. The number of ether oxygens (including phenoxy) is 2. The third kappa shape index (κ3) is 9.44. The number of rotatable bonds is 15. The smallest absolute Gasteiger partial charge is 0.274 e. The maximum Gasteiger partial charge on any atom is 0.274 e. The summed E-state index contributed by atoms with van der Waals surface area (Å²) in [6.07, 6.45) is 8.08. The molecular formula is C41H44N8O4. The molecule has 0 saturated carbocycles. The van der Waals surface area contributed by atoms with Gasteiger partial charge < -0.3 is 20.1 Å². The minimum Gasteiger partial charge on any atom is -0.494 e. The summed E-state index contributed by atoms with van der Waals surface area (Å²) in [5.74, 6) is 6.25. The Hall–Kier alpha value is -6.06. The molecule has 4 aromatic heterocycles. The van der Waals surface area contributed by atoms with E-state index in [0.29, 0.717) is 49.0 Å². The quantitative estimate of drug-likeness (QED) is 0.102. The zero-order chi connectivity index (χ0) is 37.2. The molecule has 0 atom stereocenters. The van der Waals surface area contributed by atoms with Crippen molar-refractivity contribution in [2.45, 2.75) is 66.0 Å². The molecule has 53 heavy (non-hydrogen) atoms. The van der Waals surface area contributed by atoms with E-state index in [1.165, 1.54) is 0 Å². The van der Waals surface area contributed by atoms with E-state index in [4.69, 9.17) is 14.5 Å². The Labute approximate surface area is 309 Å². The second-order valence-electron chi connectivity index (χ2n) is 13.0. The van der Waals surface area contributed by atoms with Crippen LogP contribution in [0.15, 0.2) is 73.3 Å². The van der Waals surface area contributed by atoms with Crippen LogP contribution in [0.4, 0.5) is 0 Å². The number of methoxy groups -OCH3 is 1. The highest BCUT2D eigenvalue weighted by molar-refractivity contribution is 5.98. The van der Waals surface area contributed by atoms with Gasteiger partial charge in [0.15, 0.2) is 22.7 Å². The highest BCUT2D eigenvalue weighted by atomic mass is 16.5. The van der Waals surface area contributed by atoms with E-state index >= 15 is 0 Å². The first kappa shape index (κ1) is 36.7. The Morgan fingerprint density at radius 2 is 1.32 bits per heavy atom. The first-order valence-electron chi connectivity index (χ1n) is 17.8. The fourth-order valence-corrected chi connectivity index (χ4v) is 6.02. The molecule has 0 saturated heterocycles. The average molecular weight is 713 g/mol. The normalized spacial score (nSPS) is 11.0. The molecule has 0 bridgehead atoms. The monoisotopic (exact) mass is 712 g/mol. The molecule has 4 heterocycles. The van der Waals surface area contributed by atoms with Crippen LogP contribution < -0.4 is 15.4 Å². The van der Waals surface area contributed by atoms with Gasteiger partial charge in [-0.2, -0.15) is 0 Å². The fourth-order valence-electron chi connectivity index (χ4n) is 6.02. The van der Waals surface area contributed by atoms with E-state index in [1.807, 2.05) is 84.2 Å². The molecule has 2 N–H and O–H groups in total. The van der Waals surface area contributed by atoms with E-state index in [1.54, 1.807) is 19.8 Å². The van der Waals surface area contributed by atoms with Crippen LogP contribution in [0.2, 0.25) is 0 Å². The Kier molecular flexibility index (Phi) is 12.1. The predicted molar refractivity (Wildman–Crippen MR) is 202 cm³/mol. The summed E-state index contributed by atoms with van der Waals surface area (Å²) in [5.41, 5.74) is 8.33. The van der Waals surface area contributed by atoms with Crippen LogP contribution in [0, 0.1) is 32.6 Å². The summed E-state index contributed by atoms with van der Waals surface area (Å²) in [4.78, 5) is 43.9. The zero-order valence-electron chi connectivity index (χ0n) is 30.6. The minimum atomic E-state index is -0.260. The van der Waals surface area contributed by atoms with Crippen molar-refractivity contribution in [3.05, 3.63) is 124 Å². The standard InChI is InChI=1S/C41H44N8O4/c1-28-22-29(2)48-26-44-36(38(48)46-28)40(50)43-25-33-16-18-35(19-17-33)53-21-8-6-5-7-11-34-23-30(3)49-27-45-37(39(49)47-34)41(51)42-24-32-14-12-31(13-15-32)10-9-20-52-4/h12-19,22-23,26-27H,5-8,11,20-21,24-25H2,1-4H3,(H,42,51)(H,43,50). The van der Waals surface area contributed by atoms with Crippen molar-refractivity contribution in [3.63, 3.8) is 0 Å². The number of carbonyl (C=O) groups is 2. The second-order valence-corrected chi connectivity index (χ2v) is 13.0. The maximum atomic E-state index is 13.1. The molecule has 0 spiro atoms. The zero-order valence-corrected chi connectivity index (χ0v) is 30.6. The van der Waals surface area contributed by atoms with Gasteiger partial charge in [-0.3, -0.25) is 18.4 Å². The Balaban J connectivity index is 0.903. The molecule has 0 aliphatic rings. The van der Waals surface area contributed by atoms with Gasteiger partial charge in [-0.15, -0.1) is 0 Å². The van der Waals surface area contributed by atoms with Crippen molar-refractivity contribution in [2.75, 3.05) is 20.3 Å². The number of nitrogens with zero attached hydrogens (tertiary/aromatic N) is 6. The Morgan fingerprint density at radius 3 is 1.96 bits per heavy atom. The molecule has 2 aromatic carbocycles. The summed E-state index contributed by atoms with van der Waals surface area (Å²) in [5, 5.41) is 5.91. The van der Waals surface area contributed by atoms with Crippen molar-refractivity contribution in [1.82, 2.24) is 39.4 Å². The Morgan fingerprint density at radius 1 is 0.736 bits per heavy atom. The summed E-state index contributed by atoms with van der Waals surface area (Å²) in [6.45, 7) is 7.63. The van der Waals surface area contributed by atoms with Crippen LogP contribution in [0.25, 0.3) is 11.3 Å². The molecule has 12 nitrogen and oxygen atoms in total. The average Bonchev–Trinajstić information content (AvgIpc) is 3.79. The van der Waals surface area contributed by atoms with E-state index in [0.717, 1.165) is 77.3 Å². The number of nitrogens with one attached hydrogen (secondary N) is 2. The van der Waals surface area contributed by atoms with Crippen molar-refractivity contribution in [2.24, 2.45) is 0 Å². The molecule has 6 aromatic rings. The largest absolute Gasteiger partial charge is 0.494 e. The molecule has 6 rings (SSSR count). The highest BCUT2D eigenvalue weighted by Crippen LogP contribution is 2.17. The number of benzene rings is 2. The van der Waals surface area contributed by atoms with Crippen molar-refractivity contribution in [3.8, 4) is 17.6 Å². The van der Waals surface area contributed by atoms with Gasteiger partial charge in [0.2, 0.25) is 0 Å². The summed E-state index contributed by atoms with van der Waals surface area (Å²) in [6, 6.07) is 19.5. The van der Waals surface area contributed by atoms with E-state index in [9.17, 15) is 9.59 Å². The lowest BCUT2D eigenvalue weighted by Crippen LogP contribution is -2.23. The van der Waals surface area contributed by atoms with Gasteiger partial charge in [0, 0.05) is 48.5 Å². The summed E-state index contributed by atoms with van der Waals surface area (Å²) in [7, 11) is 1.61. The lowest BCUT2D eigenvalue weighted by Gasteiger charge is -2.09. The van der Waals surface area contributed by atoms with Crippen LogP contribution in [-0.2, 0) is 24.2 Å². The van der Waals surface area contributed by atoms with Crippen LogP contribution in [0.1, 0.15) is 86.1 Å².